The molecule has 0 aliphatic heterocycles. The maximum Gasteiger partial charge on any atom is 0.306 e. The van der Waals surface area contributed by atoms with E-state index in [1.165, 1.54) is 89.9 Å². The van der Waals surface area contributed by atoms with Gasteiger partial charge in [-0.05, 0) is 122 Å². The molecule has 0 saturated carbocycles. The molecule has 1 N–H and O–H groups in total. The number of allylic oxidation sites excluding steroid dienone is 26. The van der Waals surface area contributed by atoms with E-state index in [9.17, 15) is 14.7 Å². The Hall–Kier alpha value is -4.48. The summed E-state index contributed by atoms with van der Waals surface area (Å²) in [7, 11) is 0. The highest BCUT2D eigenvalue weighted by molar-refractivity contribution is 5.70. The van der Waals surface area contributed by atoms with Gasteiger partial charge in [-0.2, -0.15) is 0 Å². The molecule has 74 heavy (non-hydrogen) atoms. The Morgan fingerprint density at radius 3 is 0.811 bits per heavy atom. The number of hydrogen-bond donors (Lipinski definition) is 1. The van der Waals surface area contributed by atoms with E-state index in [4.69, 9.17) is 9.47 Å². The fourth-order valence-corrected chi connectivity index (χ4v) is 7.89. The number of carbonyl (C=O) groups is 2. The van der Waals surface area contributed by atoms with Gasteiger partial charge in [-0.3, -0.25) is 9.59 Å². The second kappa shape index (κ2) is 62.8. The van der Waals surface area contributed by atoms with Crippen molar-refractivity contribution in [1.82, 2.24) is 0 Å². The Bertz CT molecular complexity index is 1620. The molecule has 5 nitrogen and oxygen atoms in total. The number of aliphatic hydroxyl groups excluding tert-OH is 1. The summed E-state index contributed by atoms with van der Waals surface area (Å²) in [5.74, 6) is -0.617. The predicted octanol–water partition coefficient (Wildman–Crippen LogP) is 20.7. The summed E-state index contributed by atoms with van der Waals surface area (Å²) >= 11 is 0. The van der Waals surface area contributed by atoms with Crippen molar-refractivity contribution in [3.8, 4) is 0 Å². The molecule has 1 unspecified atom stereocenters. The van der Waals surface area contributed by atoms with Crippen LogP contribution in [0.5, 0.6) is 0 Å². The zero-order valence-electron chi connectivity index (χ0n) is 47.5. The molecule has 0 bridgehead atoms. The van der Waals surface area contributed by atoms with Crippen molar-refractivity contribution in [2.75, 3.05) is 13.2 Å². The number of unbranched alkanes of at least 4 members (excludes halogenated alkanes) is 19. The molecule has 0 aliphatic rings. The first-order valence-corrected chi connectivity index (χ1v) is 30.0. The van der Waals surface area contributed by atoms with E-state index in [-0.39, 0.29) is 25.2 Å². The third-order valence-electron chi connectivity index (χ3n) is 12.3. The number of aliphatic hydroxyl groups is 1. The van der Waals surface area contributed by atoms with Gasteiger partial charge < -0.3 is 14.6 Å². The molecule has 0 aliphatic carbocycles. The van der Waals surface area contributed by atoms with Crippen molar-refractivity contribution >= 4 is 11.9 Å². The van der Waals surface area contributed by atoms with E-state index in [0.717, 1.165) is 128 Å². The summed E-state index contributed by atoms with van der Waals surface area (Å²) in [5.41, 5.74) is 0. The van der Waals surface area contributed by atoms with Gasteiger partial charge in [-0.1, -0.05) is 268 Å². The minimum absolute atomic E-state index is 0.0821. The lowest BCUT2D eigenvalue weighted by molar-refractivity contribution is -0.161. The second-order valence-corrected chi connectivity index (χ2v) is 19.3. The highest BCUT2D eigenvalue weighted by Crippen LogP contribution is 2.15. The van der Waals surface area contributed by atoms with Crippen molar-refractivity contribution in [2.45, 2.75) is 251 Å². The third kappa shape index (κ3) is 60.1. The lowest BCUT2D eigenvalue weighted by atomic mass is 10.0. The monoisotopic (exact) mass is 1020 g/mol. The first kappa shape index (κ1) is 69.5. The second-order valence-electron chi connectivity index (χ2n) is 19.3. The number of ether oxygens (including phenoxy) is 2. The highest BCUT2D eigenvalue weighted by atomic mass is 16.6. The Morgan fingerprint density at radius 1 is 0.311 bits per heavy atom. The van der Waals surface area contributed by atoms with Crippen LogP contribution in [0.1, 0.15) is 245 Å². The van der Waals surface area contributed by atoms with Crippen LogP contribution in [-0.2, 0) is 19.1 Å². The molecule has 0 saturated heterocycles. The van der Waals surface area contributed by atoms with Gasteiger partial charge in [-0.25, -0.2) is 0 Å². The van der Waals surface area contributed by atoms with Gasteiger partial charge in [0.25, 0.3) is 0 Å². The van der Waals surface area contributed by atoms with E-state index in [1.807, 2.05) is 0 Å². The van der Waals surface area contributed by atoms with Gasteiger partial charge in [0.2, 0.25) is 0 Å². The average molecular weight is 1020 g/mol. The molecule has 0 rings (SSSR count). The fraction of sp³-hybridized carbons (Fsp3) is 0.594. The molecule has 0 aromatic heterocycles. The van der Waals surface area contributed by atoms with Crippen LogP contribution in [0.15, 0.2) is 158 Å². The van der Waals surface area contributed by atoms with E-state index in [1.54, 1.807) is 0 Å². The third-order valence-corrected chi connectivity index (χ3v) is 12.3. The number of esters is 2. The quantitative estimate of drug-likeness (QED) is 0.0373. The molecule has 0 spiro atoms. The van der Waals surface area contributed by atoms with Gasteiger partial charge in [0.05, 0.1) is 6.61 Å². The number of carbonyl (C=O) groups excluding carboxylic acids is 2. The van der Waals surface area contributed by atoms with Gasteiger partial charge >= 0.3 is 11.9 Å². The normalized spacial score (nSPS) is 13.4. The minimum Gasteiger partial charge on any atom is -0.462 e. The SMILES string of the molecule is CC/C=C\C/C=C\C/C=C\C/C=C\C/C=C\C/C=C\C/C=C\C/C=C\CCCCCCCCC(=O)OC(CO)COC(=O)CCCCCCCCCCCCCCC/C=C\C/C=C\C/C=C\C/C=C\C/C=C\CC. The van der Waals surface area contributed by atoms with Crippen LogP contribution in [0.3, 0.4) is 0 Å². The molecule has 0 radical (unpaired) electrons. The Kier molecular flexibility index (Phi) is 59.0. The van der Waals surface area contributed by atoms with Crippen LogP contribution in [0.2, 0.25) is 0 Å². The summed E-state index contributed by atoms with van der Waals surface area (Å²) in [6, 6.07) is 0. The number of hydrogen-bond acceptors (Lipinski definition) is 5. The first-order valence-electron chi connectivity index (χ1n) is 30.0. The minimum atomic E-state index is -0.794. The molecule has 0 amide bonds. The lowest BCUT2D eigenvalue weighted by Gasteiger charge is -2.15. The van der Waals surface area contributed by atoms with E-state index < -0.39 is 6.10 Å². The molecule has 0 aromatic rings. The Labute approximate surface area is 456 Å². The smallest absolute Gasteiger partial charge is 0.306 e. The zero-order valence-corrected chi connectivity index (χ0v) is 47.5. The fourth-order valence-electron chi connectivity index (χ4n) is 7.89. The number of rotatable bonds is 53. The van der Waals surface area contributed by atoms with Crippen molar-refractivity contribution in [3.63, 3.8) is 0 Å². The summed E-state index contributed by atoms with van der Waals surface area (Å²) in [4.78, 5) is 24.6. The molecule has 5 heteroatoms. The maximum atomic E-state index is 12.3. The predicted molar refractivity (Wildman–Crippen MR) is 324 cm³/mol. The first-order chi connectivity index (χ1) is 36.6. The summed E-state index contributed by atoms with van der Waals surface area (Å²) in [5, 5.41) is 9.67. The zero-order chi connectivity index (χ0) is 53.4. The topological polar surface area (TPSA) is 72.8 Å². The van der Waals surface area contributed by atoms with Crippen molar-refractivity contribution < 1.29 is 24.2 Å². The molecular weight excluding hydrogens is 909 g/mol. The summed E-state index contributed by atoms with van der Waals surface area (Å²) < 4.78 is 10.7. The van der Waals surface area contributed by atoms with Gasteiger partial charge in [0, 0.05) is 12.8 Å². The summed E-state index contributed by atoms with van der Waals surface area (Å²) in [6.07, 6.45) is 96.4. The molecular formula is C69H110O5. The Morgan fingerprint density at radius 2 is 0.541 bits per heavy atom. The lowest BCUT2D eigenvalue weighted by Crippen LogP contribution is -2.28. The molecule has 0 heterocycles. The Balaban J connectivity index is 3.59. The highest BCUT2D eigenvalue weighted by Gasteiger charge is 2.16. The van der Waals surface area contributed by atoms with Crippen LogP contribution >= 0.6 is 0 Å². The van der Waals surface area contributed by atoms with Crippen LogP contribution in [0, 0.1) is 0 Å². The molecule has 1 atom stereocenters. The van der Waals surface area contributed by atoms with Crippen molar-refractivity contribution in [3.05, 3.63) is 158 Å². The average Bonchev–Trinajstić information content (AvgIpc) is 3.40. The van der Waals surface area contributed by atoms with E-state index >= 15 is 0 Å². The van der Waals surface area contributed by atoms with E-state index in [0.29, 0.717) is 12.8 Å². The van der Waals surface area contributed by atoms with Crippen LogP contribution in [-0.4, -0.2) is 36.4 Å². The summed E-state index contributed by atoms with van der Waals surface area (Å²) in [6.45, 7) is 3.90. The van der Waals surface area contributed by atoms with Gasteiger partial charge in [-0.15, -0.1) is 0 Å². The van der Waals surface area contributed by atoms with Crippen molar-refractivity contribution in [2.24, 2.45) is 0 Å². The largest absolute Gasteiger partial charge is 0.462 e. The standard InChI is InChI=1S/C69H110O5/c1-3-5-7-9-11-13-15-17-19-21-23-25-27-29-31-33-34-36-38-40-42-44-46-48-50-52-54-56-58-60-62-64-69(72)74-67(65-70)66-73-68(71)63-61-59-57-55-53-51-49-47-45-43-41-39-37-35-32-30-28-26-24-22-20-18-16-14-12-10-8-6-4-2/h5-8,11-14,17-20,23-26,29-32,34,36,40,42,46,48,67,70H,3-4,9-10,15-16,21-22,27-28,33,35,37-39,41,43-45,47,49-66H2,1-2H3/b7-5-,8-6-,13-11-,14-12-,19-17-,20-18-,25-23-,26-24-,31-29-,32-30-,36-34-,42-40-,48-46-. The van der Waals surface area contributed by atoms with E-state index in [2.05, 4.69) is 172 Å². The van der Waals surface area contributed by atoms with Gasteiger partial charge in [0.1, 0.15) is 6.61 Å². The molecule has 0 fully saturated rings. The van der Waals surface area contributed by atoms with Crippen molar-refractivity contribution in [1.29, 1.82) is 0 Å². The van der Waals surface area contributed by atoms with Crippen LogP contribution in [0.25, 0.3) is 0 Å². The van der Waals surface area contributed by atoms with Crippen LogP contribution < -0.4 is 0 Å². The molecule has 0 aromatic carbocycles. The van der Waals surface area contributed by atoms with Crippen LogP contribution in [0.4, 0.5) is 0 Å². The van der Waals surface area contributed by atoms with Gasteiger partial charge in [0.15, 0.2) is 6.10 Å². The molecule has 416 valence electrons. The maximum absolute atomic E-state index is 12.3.